The fourth-order valence-corrected chi connectivity index (χ4v) is 4.32. The van der Waals surface area contributed by atoms with Crippen LogP contribution in [-0.4, -0.2) is 21.7 Å². The van der Waals surface area contributed by atoms with Gasteiger partial charge in [0.25, 0.3) is 11.7 Å². The maximum atomic E-state index is 13.7. The van der Waals surface area contributed by atoms with E-state index in [2.05, 4.69) is 0 Å². The number of aliphatic hydroxyl groups is 1. The summed E-state index contributed by atoms with van der Waals surface area (Å²) in [5.74, 6) is -4.29. The molecule has 1 aliphatic rings. The van der Waals surface area contributed by atoms with Crippen LogP contribution in [0.4, 0.5) is 8.78 Å². The van der Waals surface area contributed by atoms with Gasteiger partial charge in [0, 0.05) is 10.4 Å². The Balaban J connectivity index is 1.87. The Labute approximate surface area is 181 Å². The predicted molar refractivity (Wildman–Crippen MR) is 110 cm³/mol. The summed E-state index contributed by atoms with van der Waals surface area (Å²) in [6.07, 6.45) is 0. The molecule has 1 saturated heterocycles. The van der Waals surface area contributed by atoms with Crippen molar-refractivity contribution in [2.45, 2.75) is 12.6 Å². The number of thiophene rings is 1. The quantitative estimate of drug-likeness (QED) is 0.228. The van der Waals surface area contributed by atoms with E-state index in [1.54, 1.807) is 12.1 Å². The second-order valence-corrected chi connectivity index (χ2v) is 8.37. The highest BCUT2D eigenvalue weighted by molar-refractivity contribution is 14.1. The Morgan fingerprint density at radius 1 is 1.17 bits per heavy atom. The first kappa shape index (κ1) is 19.8. The molecule has 1 fully saturated rings. The molecule has 0 bridgehead atoms. The summed E-state index contributed by atoms with van der Waals surface area (Å²) in [5.41, 5.74) is -0.340. The van der Waals surface area contributed by atoms with Crippen molar-refractivity contribution < 1.29 is 27.9 Å². The lowest BCUT2D eigenvalue weighted by Crippen LogP contribution is -2.28. The number of hydrogen-bond donors (Lipinski definition) is 1. The smallest absolute Gasteiger partial charge is 0.296 e. The van der Waals surface area contributed by atoms with Gasteiger partial charge in [-0.25, -0.2) is 8.78 Å². The number of furan rings is 1. The van der Waals surface area contributed by atoms with Crippen LogP contribution in [0, 0.1) is 15.4 Å². The van der Waals surface area contributed by atoms with Crippen molar-refractivity contribution in [1.82, 2.24) is 4.90 Å². The zero-order chi connectivity index (χ0) is 20.7. The number of halogens is 3. The summed E-state index contributed by atoms with van der Waals surface area (Å²) >= 11 is 3.37. The molecule has 148 valence electrons. The third-order valence-electron chi connectivity index (χ3n) is 4.50. The van der Waals surface area contributed by atoms with E-state index in [1.165, 1.54) is 16.2 Å². The average Bonchev–Trinajstić information content (AvgIpc) is 3.41. The molecule has 1 amide bonds. The number of carbonyl (C=O) groups excluding carboxylic acids is 2. The maximum Gasteiger partial charge on any atom is 0.296 e. The Hall–Kier alpha value is -2.53. The number of nitrogens with zero attached hydrogens (tertiary/aromatic N) is 1. The average molecular weight is 527 g/mol. The summed E-state index contributed by atoms with van der Waals surface area (Å²) in [4.78, 5) is 27.7. The minimum absolute atomic E-state index is 0.107. The topological polar surface area (TPSA) is 70.8 Å². The van der Waals surface area contributed by atoms with Crippen LogP contribution in [0.2, 0.25) is 0 Å². The Morgan fingerprint density at radius 2 is 1.97 bits per heavy atom. The van der Waals surface area contributed by atoms with Crippen LogP contribution in [0.15, 0.2) is 57.8 Å². The number of carbonyl (C=O) groups is 2. The Kier molecular flexibility index (Phi) is 5.26. The zero-order valence-corrected chi connectivity index (χ0v) is 17.5. The van der Waals surface area contributed by atoms with Gasteiger partial charge in [0.2, 0.25) is 0 Å². The molecule has 4 rings (SSSR count). The van der Waals surface area contributed by atoms with Crippen molar-refractivity contribution in [3.05, 3.63) is 85.0 Å². The standard InChI is InChI=1S/C20H12F2INO4S/c21-12-4-3-10(8-13(12)22)18(25)16-17(14-5-6-15(23)28-14)24(20(27)19(16)26)9-11-2-1-7-29-11/h1-8,17,25H,9H2/b18-16+. The van der Waals surface area contributed by atoms with Crippen LogP contribution in [0.1, 0.15) is 22.2 Å². The van der Waals surface area contributed by atoms with Gasteiger partial charge >= 0.3 is 0 Å². The van der Waals surface area contributed by atoms with Gasteiger partial charge in [-0.15, -0.1) is 11.3 Å². The van der Waals surface area contributed by atoms with Crippen LogP contribution in [0.3, 0.4) is 0 Å². The number of likely N-dealkylation sites (tertiary alicyclic amines) is 1. The minimum Gasteiger partial charge on any atom is -0.507 e. The molecule has 5 nitrogen and oxygen atoms in total. The first-order chi connectivity index (χ1) is 13.9. The van der Waals surface area contributed by atoms with Crippen molar-refractivity contribution in [2.75, 3.05) is 0 Å². The van der Waals surface area contributed by atoms with E-state index in [0.717, 1.165) is 23.1 Å². The van der Waals surface area contributed by atoms with E-state index < -0.39 is 35.1 Å². The van der Waals surface area contributed by atoms with Gasteiger partial charge in [-0.1, -0.05) is 6.07 Å². The maximum absolute atomic E-state index is 13.7. The summed E-state index contributed by atoms with van der Waals surface area (Å²) < 4.78 is 33.1. The summed E-state index contributed by atoms with van der Waals surface area (Å²) in [6, 6.07) is 8.69. The number of aliphatic hydroxyl groups excluding tert-OH is 1. The van der Waals surface area contributed by atoms with Crippen molar-refractivity contribution in [2.24, 2.45) is 0 Å². The number of hydrogen-bond acceptors (Lipinski definition) is 5. The van der Waals surface area contributed by atoms with Gasteiger partial charge in [-0.3, -0.25) is 9.59 Å². The first-order valence-electron chi connectivity index (χ1n) is 8.38. The molecule has 3 heterocycles. The van der Waals surface area contributed by atoms with E-state index in [-0.39, 0.29) is 23.4 Å². The number of Topliss-reactive ketones (excluding diaryl/α,β-unsaturated/α-hetero) is 1. The monoisotopic (exact) mass is 527 g/mol. The molecule has 1 N–H and O–H groups in total. The molecule has 29 heavy (non-hydrogen) atoms. The molecule has 1 aliphatic heterocycles. The van der Waals surface area contributed by atoms with Gasteiger partial charge in [-0.05, 0) is 64.4 Å². The highest BCUT2D eigenvalue weighted by atomic mass is 127. The minimum atomic E-state index is -1.18. The highest BCUT2D eigenvalue weighted by Gasteiger charge is 2.47. The van der Waals surface area contributed by atoms with Crippen LogP contribution < -0.4 is 0 Å². The highest BCUT2D eigenvalue weighted by Crippen LogP contribution is 2.41. The summed E-state index contributed by atoms with van der Waals surface area (Å²) in [6.45, 7) is 0.138. The fourth-order valence-electron chi connectivity index (χ4n) is 3.18. The van der Waals surface area contributed by atoms with Crippen LogP contribution in [0.25, 0.3) is 5.76 Å². The molecule has 3 aromatic rings. The SMILES string of the molecule is O=C1C(=O)N(Cc2cccs2)C(c2ccc(I)o2)/C1=C(\O)c1ccc(F)c(F)c1. The van der Waals surface area contributed by atoms with Crippen molar-refractivity contribution in [3.63, 3.8) is 0 Å². The molecule has 2 aromatic heterocycles. The molecule has 1 aromatic carbocycles. The zero-order valence-electron chi connectivity index (χ0n) is 14.6. The fraction of sp³-hybridized carbons (Fsp3) is 0.100. The summed E-state index contributed by atoms with van der Waals surface area (Å²) in [7, 11) is 0. The van der Waals surface area contributed by atoms with Crippen LogP contribution >= 0.6 is 33.9 Å². The lowest BCUT2D eigenvalue weighted by molar-refractivity contribution is -0.140. The molecule has 0 radical (unpaired) electrons. The molecule has 9 heteroatoms. The lowest BCUT2D eigenvalue weighted by atomic mass is 9.99. The van der Waals surface area contributed by atoms with E-state index in [9.17, 15) is 23.5 Å². The van der Waals surface area contributed by atoms with Crippen molar-refractivity contribution in [3.8, 4) is 0 Å². The molecule has 1 unspecified atom stereocenters. The van der Waals surface area contributed by atoms with Gasteiger partial charge in [0.05, 0.1) is 12.1 Å². The van der Waals surface area contributed by atoms with Gasteiger partial charge in [0.1, 0.15) is 17.6 Å². The second kappa shape index (κ2) is 7.71. The third-order valence-corrected chi connectivity index (χ3v) is 5.94. The molecule has 0 saturated carbocycles. The van der Waals surface area contributed by atoms with Crippen molar-refractivity contribution in [1.29, 1.82) is 0 Å². The van der Waals surface area contributed by atoms with E-state index in [4.69, 9.17) is 4.42 Å². The first-order valence-corrected chi connectivity index (χ1v) is 10.3. The van der Waals surface area contributed by atoms with Gasteiger partial charge < -0.3 is 14.4 Å². The third kappa shape index (κ3) is 3.60. The van der Waals surface area contributed by atoms with Crippen LogP contribution in [-0.2, 0) is 16.1 Å². The lowest BCUT2D eigenvalue weighted by Gasteiger charge is -2.22. The normalized spacial score (nSPS) is 18.6. The Morgan fingerprint density at radius 3 is 2.59 bits per heavy atom. The number of ketones is 1. The number of benzene rings is 1. The van der Waals surface area contributed by atoms with E-state index in [1.807, 2.05) is 40.1 Å². The van der Waals surface area contributed by atoms with Crippen molar-refractivity contribution >= 4 is 51.4 Å². The Bertz CT molecular complexity index is 1140. The second-order valence-electron chi connectivity index (χ2n) is 6.28. The molecular formula is C20H12F2INO4S. The van der Waals surface area contributed by atoms with Crippen LogP contribution in [0.5, 0.6) is 0 Å². The number of rotatable bonds is 4. The van der Waals surface area contributed by atoms with Gasteiger partial charge in [-0.2, -0.15) is 0 Å². The molecular weight excluding hydrogens is 515 g/mol. The molecule has 1 atom stereocenters. The van der Waals surface area contributed by atoms with E-state index >= 15 is 0 Å². The largest absolute Gasteiger partial charge is 0.507 e. The predicted octanol–water partition coefficient (Wildman–Crippen LogP) is 4.85. The van der Waals surface area contributed by atoms with E-state index in [0.29, 0.717) is 3.77 Å². The number of amides is 1. The van der Waals surface area contributed by atoms with Gasteiger partial charge in [0.15, 0.2) is 15.4 Å². The summed E-state index contributed by atoms with van der Waals surface area (Å²) in [5, 5.41) is 12.6. The molecule has 0 aliphatic carbocycles. The molecule has 0 spiro atoms.